The molecule has 4 rings (SSSR count). The van der Waals surface area contributed by atoms with Crippen molar-refractivity contribution < 1.29 is 18.8 Å². The number of thiocarbonyl (C=S) groups is 1. The Morgan fingerprint density at radius 2 is 1.69 bits per heavy atom. The molecule has 1 saturated heterocycles. The van der Waals surface area contributed by atoms with Crippen molar-refractivity contribution in [2.24, 2.45) is 0 Å². The molecule has 1 fully saturated rings. The fraction of sp³-hybridized carbons (Fsp3) is 0.316. The van der Waals surface area contributed by atoms with Crippen LogP contribution in [-0.4, -0.2) is 55.9 Å². The molecule has 0 spiro atoms. The van der Waals surface area contributed by atoms with Crippen molar-refractivity contribution in [3.05, 3.63) is 30.3 Å². The van der Waals surface area contributed by atoms with Crippen molar-refractivity contribution in [2.75, 3.05) is 56.1 Å². The molecule has 0 atom stereocenters. The maximum Gasteiger partial charge on any atom is 0.175 e. The van der Waals surface area contributed by atoms with Gasteiger partial charge in [-0.25, -0.2) is 4.63 Å². The van der Waals surface area contributed by atoms with Crippen molar-refractivity contribution in [3.8, 4) is 11.5 Å². The number of nitrogens with zero attached hydrogens (tertiary/aromatic N) is 3. The smallest absolute Gasteiger partial charge is 0.175 e. The molecule has 2 N–H and O–H groups in total. The summed E-state index contributed by atoms with van der Waals surface area (Å²) in [7, 11) is 3.19. The van der Waals surface area contributed by atoms with Gasteiger partial charge < -0.3 is 29.7 Å². The Morgan fingerprint density at radius 1 is 1.00 bits per heavy atom. The molecule has 0 saturated carbocycles. The molecule has 2 aromatic carbocycles. The Bertz CT molecular complexity index is 997. The van der Waals surface area contributed by atoms with Crippen LogP contribution in [0.4, 0.5) is 17.1 Å². The van der Waals surface area contributed by atoms with E-state index in [9.17, 15) is 0 Å². The number of rotatable bonds is 5. The van der Waals surface area contributed by atoms with E-state index in [-0.39, 0.29) is 0 Å². The van der Waals surface area contributed by atoms with Crippen LogP contribution in [0.25, 0.3) is 11.0 Å². The fourth-order valence-electron chi connectivity index (χ4n) is 3.18. The molecule has 9 nitrogen and oxygen atoms in total. The number of aromatic nitrogens is 2. The topological polar surface area (TPSA) is 93.9 Å². The van der Waals surface area contributed by atoms with E-state index in [2.05, 4.69) is 25.8 Å². The first-order chi connectivity index (χ1) is 14.2. The minimum Gasteiger partial charge on any atom is -0.497 e. The zero-order chi connectivity index (χ0) is 20.2. The van der Waals surface area contributed by atoms with Crippen molar-refractivity contribution in [1.82, 2.24) is 10.3 Å². The van der Waals surface area contributed by atoms with Crippen molar-refractivity contribution in [2.45, 2.75) is 0 Å². The van der Waals surface area contributed by atoms with Gasteiger partial charge in [0.2, 0.25) is 0 Å². The third kappa shape index (κ3) is 4.17. The van der Waals surface area contributed by atoms with E-state index >= 15 is 0 Å². The van der Waals surface area contributed by atoms with Gasteiger partial charge in [-0.15, -0.1) is 0 Å². The van der Waals surface area contributed by atoms with Gasteiger partial charge in [0.15, 0.2) is 16.1 Å². The van der Waals surface area contributed by atoms with Crippen LogP contribution in [0.3, 0.4) is 0 Å². The number of hydrogen-bond acceptors (Lipinski definition) is 8. The summed E-state index contributed by atoms with van der Waals surface area (Å²) in [6.45, 7) is 2.97. The summed E-state index contributed by atoms with van der Waals surface area (Å²) in [5.74, 6) is 1.32. The number of fused-ring (bicyclic) bond motifs is 1. The highest BCUT2D eigenvalue weighted by Crippen LogP contribution is 2.31. The lowest BCUT2D eigenvalue weighted by atomic mass is 10.2. The van der Waals surface area contributed by atoms with Gasteiger partial charge in [0, 0.05) is 37.0 Å². The summed E-state index contributed by atoms with van der Waals surface area (Å²) in [5.41, 5.74) is 3.69. The highest BCUT2D eigenvalue weighted by atomic mass is 32.1. The second-order valence-corrected chi connectivity index (χ2v) is 6.78. The Labute approximate surface area is 172 Å². The lowest BCUT2D eigenvalue weighted by molar-refractivity contribution is 0.123. The number of benzene rings is 2. The van der Waals surface area contributed by atoms with E-state index in [0.29, 0.717) is 46.5 Å². The molecule has 0 bridgehead atoms. The van der Waals surface area contributed by atoms with Gasteiger partial charge >= 0.3 is 0 Å². The third-order valence-electron chi connectivity index (χ3n) is 4.60. The van der Waals surface area contributed by atoms with Crippen LogP contribution in [0.2, 0.25) is 0 Å². The Morgan fingerprint density at radius 3 is 2.38 bits per heavy atom. The number of nitrogens with one attached hydrogen (secondary N) is 2. The lowest BCUT2D eigenvalue weighted by Crippen LogP contribution is -2.36. The van der Waals surface area contributed by atoms with Crippen molar-refractivity contribution >= 4 is 45.4 Å². The maximum atomic E-state index is 5.46. The first-order valence-electron chi connectivity index (χ1n) is 9.07. The normalized spacial score (nSPS) is 13.9. The number of hydrogen-bond donors (Lipinski definition) is 2. The van der Waals surface area contributed by atoms with Crippen LogP contribution in [-0.2, 0) is 4.74 Å². The largest absolute Gasteiger partial charge is 0.497 e. The molecule has 1 aliphatic heterocycles. The molecule has 0 aliphatic carbocycles. The number of anilines is 3. The first kappa shape index (κ1) is 19.2. The number of ether oxygens (including phenoxy) is 3. The Balaban J connectivity index is 1.54. The van der Waals surface area contributed by atoms with Crippen LogP contribution in [0.15, 0.2) is 35.0 Å². The van der Waals surface area contributed by atoms with Crippen molar-refractivity contribution in [1.29, 1.82) is 0 Å². The van der Waals surface area contributed by atoms with Crippen LogP contribution in [0.5, 0.6) is 11.5 Å². The van der Waals surface area contributed by atoms with Gasteiger partial charge in [0.1, 0.15) is 11.5 Å². The predicted molar refractivity (Wildman–Crippen MR) is 114 cm³/mol. The number of morpholine rings is 1. The molecule has 29 heavy (non-hydrogen) atoms. The lowest BCUT2D eigenvalue weighted by Gasteiger charge is -2.28. The minimum atomic E-state index is 0.392. The van der Waals surface area contributed by atoms with Gasteiger partial charge in [0.05, 0.1) is 38.8 Å². The summed E-state index contributed by atoms with van der Waals surface area (Å²) in [4.78, 5) is 2.21. The summed E-state index contributed by atoms with van der Waals surface area (Å²) in [6, 6.07) is 9.34. The SMILES string of the molecule is COc1cc(NC(=S)Nc2ccc(N3CCOCC3)c3nonc23)cc(OC)c1. The van der Waals surface area contributed by atoms with E-state index in [4.69, 9.17) is 31.1 Å². The molecule has 1 aromatic heterocycles. The van der Waals surface area contributed by atoms with E-state index in [1.54, 1.807) is 20.3 Å². The monoisotopic (exact) mass is 415 g/mol. The van der Waals surface area contributed by atoms with Gasteiger partial charge in [-0.05, 0) is 34.7 Å². The molecule has 2 heterocycles. The van der Waals surface area contributed by atoms with Gasteiger partial charge in [0.25, 0.3) is 0 Å². The molecule has 0 amide bonds. The van der Waals surface area contributed by atoms with Gasteiger partial charge in [-0.1, -0.05) is 0 Å². The standard InChI is InChI=1S/C19H21N5O4S/c1-25-13-9-12(10-14(11-13)26-2)20-19(29)21-15-3-4-16(18-17(15)22-28-23-18)24-5-7-27-8-6-24/h3-4,9-11H,5-8H2,1-2H3,(H2,20,21,29). The zero-order valence-electron chi connectivity index (χ0n) is 16.1. The Kier molecular flexibility index (Phi) is 5.63. The average Bonchev–Trinajstić information content (AvgIpc) is 3.24. The predicted octanol–water partition coefficient (Wildman–Crippen LogP) is 2.89. The fourth-order valence-corrected chi connectivity index (χ4v) is 3.41. The van der Waals surface area contributed by atoms with Gasteiger partial charge in [-0.2, -0.15) is 0 Å². The Hall–Kier alpha value is -3.11. The van der Waals surface area contributed by atoms with Crippen LogP contribution >= 0.6 is 12.2 Å². The molecule has 152 valence electrons. The van der Waals surface area contributed by atoms with E-state index < -0.39 is 0 Å². The molecule has 0 radical (unpaired) electrons. The van der Waals surface area contributed by atoms with E-state index in [1.165, 1.54) is 0 Å². The summed E-state index contributed by atoms with van der Waals surface area (Å²) in [5, 5.41) is 14.8. The number of methoxy groups -OCH3 is 2. The van der Waals surface area contributed by atoms with E-state index in [0.717, 1.165) is 24.5 Å². The quantitative estimate of drug-likeness (QED) is 0.606. The van der Waals surface area contributed by atoms with E-state index in [1.807, 2.05) is 24.3 Å². The molecule has 3 aromatic rings. The highest BCUT2D eigenvalue weighted by Gasteiger charge is 2.19. The third-order valence-corrected chi connectivity index (χ3v) is 4.81. The molecule has 0 unspecified atom stereocenters. The highest BCUT2D eigenvalue weighted by molar-refractivity contribution is 7.80. The molecule has 1 aliphatic rings. The van der Waals surface area contributed by atoms with Crippen LogP contribution in [0, 0.1) is 0 Å². The van der Waals surface area contributed by atoms with Crippen molar-refractivity contribution in [3.63, 3.8) is 0 Å². The summed E-state index contributed by atoms with van der Waals surface area (Å²) >= 11 is 5.46. The summed E-state index contributed by atoms with van der Waals surface area (Å²) in [6.07, 6.45) is 0. The minimum absolute atomic E-state index is 0.392. The second kappa shape index (κ2) is 8.50. The average molecular weight is 415 g/mol. The molecular weight excluding hydrogens is 394 g/mol. The maximum absolute atomic E-state index is 5.46. The first-order valence-corrected chi connectivity index (χ1v) is 9.48. The molecular formula is C19H21N5O4S. The van der Waals surface area contributed by atoms with Crippen LogP contribution < -0.4 is 25.0 Å². The molecule has 10 heteroatoms. The van der Waals surface area contributed by atoms with Gasteiger partial charge in [-0.3, -0.25) is 0 Å². The summed E-state index contributed by atoms with van der Waals surface area (Å²) < 4.78 is 21.0. The second-order valence-electron chi connectivity index (χ2n) is 6.37. The zero-order valence-corrected chi connectivity index (χ0v) is 16.9. The van der Waals surface area contributed by atoms with Crippen LogP contribution in [0.1, 0.15) is 0 Å².